The second-order valence-electron chi connectivity index (χ2n) is 4.26. The van der Waals surface area contributed by atoms with Crippen LogP contribution in [0.1, 0.15) is 28.2 Å². The maximum Gasteiger partial charge on any atom is 0.0407 e. The van der Waals surface area contributed by atoms with Crippen LogP contribution in [0.2, 0.25) is 0 Å². The molecule has 2 nitrogen and oxygen atoms in total. The SMILES string of the molecule is Cc1cc(C)c(C)c(C)n1.Cc1ccccn1. The summed E-state index contributed by atoms with van der Waals surface area (Å²) in [5, 5.41) is 0. The lowest BCUT2D eigenvalue weighted by molar-refractivity contribution is 1.07. The molecule has 0 aliphatic heterocycles. The van der Waals surface area contributed by atoms with Gasteiger partial charge in [0.05, 0.1) is 0 Å². The first-order valence-electron chi connectivity index (χ1n) is 5.80. The van der Waals surface area contributed by atoms with Gasteiger partial charge in [0.1, 0.15) is 0 Å². The summed E-state index contributed by atoms with van der Waals surface area (Å²) in [5.74, 6) is 0. The van der Waals surface area contributed by atoms with Crippen molar-refractivity contribution >= 4 is 0 Å². The topological polar surface area (TPSA) is 25.8 Å². The number of pyridine rings is 2. The van der Waals surface area contributed by atoms with E-state index in [-0.39, 0.29) is 0 Å². The van der Waals surface area contributed by atoms with E-state index in [1.54, 1.807) is 6.20 Å². The smallest absolute Gasteiger partial charge is 0.0407 e. The van der Waals surface area contributed by atoms with Crippen molar-refractivity contribution in [1.82, 2.24) is 9.97 Å². The highest BCUT2D eigenvalue weighted by molar-refractivity contribution is 5.29. The fourth-order valence-corrected chi connectivity index (χ4v) is 1.54. The normalized spacial score (nSPS) is 9.47. The standard InChI is InChI=1S/C9H13N.C6H7N/c1-6-5-7(2)10-9(4)8(6)3;1-6-4-2-3-5-7-6/h5H,1-4H3;2-5H,1H3. The summed E-state index contributed by atoms with van der Waals surface area (Å²) in [6, 6.07) is 7.97. The highest BCUT2D eigenvalue weighted by Crippen LogP contribution is 2.10. The van der Waals surface area contributed by atoms with E-state index in [0.717, 1.165) is 17.1 Å². The lowest BCUT2D eigenvalue weighted by Crippen LogP contribution is -1.92. The average Bonchev–Trinajstić information content (AvgIpc) is 2.27. The van der Waals surface area contributed by atoms with Crippen molar-refractivity contribution in [3.63, 3.8) is 0 Å². The van der Waals surface area contributed by atoms with Gasteiger partial charge in [-0.3, -0.25) is 9.97 Å². The Kier molecular flexibility index (Phi) is 4.83. The fraction of sp³-hybridized carbons (Fsp3) is 0.333. The Morgan fingerprint density at radius 1 is 0.882 bits per heavy atom. The van der Waals surface area contributed by atoms with E-state index in [0.29, 0.717) is 0 Å². The lowest BCUT2D eigenvalue weighted by Gasteiger charge is -2.03. The molecule has 0 saturated carbocycles. The maximum atomic E-state index is 4.33. The van der Waals surface area contributed by atoms with Crippen molar-refractivity contribution < 1.29 is 0 Å². The predicted molar refractivity (Wildman–Crippen MR) is 72.2 cm³/mol. The number of hydrogen-bond acceptors (Lipinski definition) is 2. The maximum absolute atomic E-state index is 4.33. The van der Waals surface area contributed by atoms with Crippen LogP contribution in [-0.4, -0.2) is 9.97 Å². The molecule has 17 heavy (non-hydrogen) atoms. The van der Waals surface area contributed by atoms with Gasteiger partial charge in [0, 0.05) is 23.3 Å². The molecule has 0 spiro atoms. The molecule has 2 heteroatoms. The largest absolute Gasteiger partial charge is 0.262 e. The van der Waals surface area contributed by atoms with Gasteiger partial charge in [0.2, 0.25) is 0 Å². The minimum atomic E-state index is 1.07. The molecule has 0 unspecified atom stereocenters. The number of hydrogen-bond donors (Lipinski definition) is 0. The molecule has 0 radical (unpaired) electrons. The van der Waals surface area contributed by atoms with Gasteiger partial charge >= 0.3 is 0 Å². The number of rotatable bonds is 0. The Hall–Kier alpha value is -1.70. The summed E-state index contributed by atoms with van der Waals surface area (Å²) >= 11 is 0. The molecular formula is C15H20N2. The zero-order valence-electron chi connectivity index (χ0n) is 11.3. The molecular weight excluding hydrogens is 208 g/mol. The van der Waals surface area contributed by atoms with E-state index >= 15 is 0 Å². The molecule has 0 aliphatic carbocycles. The molecule has 2 rings (SSSR count). The van der Waals surface area contributed by atoms with E-state index in [1.165, 1.54) is 11.1 Å². The monoisotopic (exact) mass is 228 g/mol. The van der Waals surface area contributed by atoms with E-state index < -0.39 is 0 Å². The van der Waals surface area contributed by atoms with Crippen molar-refractivity contribution in [3.05, 3.63) is 58.7 Å². The second-order valence-corrected chi connectivity index (χ2v) is 4.26. The Bertz CT molecular complexity index is 453. The highest BCUT2D eigenvalue weighted by Gasteiger charge is 1.97. The van der Waals surface area contributed by atoms with Crippen LogP contribution in [-0.2, 0) is 0 Å². The summed E-state index contributed by atoms with van der Waals surface area (Å²) in [6.07, 6.45) is 1.79. The molecule has 2 heterocycles. The van der Waals surface area contributed by atoms with Gasteiger partial charge < -0.3 is 0 Å². The molecule has 0 aromatic carbocycles. The van der Waals surface area contributed by atoms with Crippen molar-refractivity contribution in [2.45, 2.75) is 34.6 Å². The molecule has 90 valence electrons. The summed E-state index contributed by atoms with van der Waals surface area (Å²) < 4.78 is 0. The molecule has 2 aromatic heterocycles. The third kappa shape index (κ3) is 4.35. The molecule has 0 amide bonds. The average molecular weight is 228 g/mol. The van der Waals surface area contributed by atoms with Crippen molar-refractivity contribution in [2.75, 3.05) is 0 Å². The van der Waals surface area contributed by atoms with Crippen LogP contribution >= 0.6 is 0 Å². The van der Waals surface area contributed by atoms with Gasteiger partial charge in [-0.1, -0.05) is 6.07 Å². The van der Waals surface area contributed by atoms with E-state index in [9.17, 15) is 0 Å². The number of nitrogens with zero attached hydrogens (tertiary/aromatic N) is 2. The lowest BCUT2D eigenvalue weighted by atomic mass is 10.1. The summed E-state index contributed by atoms with van der Waals surface area (Å²) in [6.45, 7) is 10.3. The fourth-order valence-electron chi connectivity index (χ4n) is 1.54. The number of aromatic nitrogens is 2. The van der Waals surface area contributed by atoms with Crippen LogP contribution in [0.5, 0.6) is 0 Å². The minimum absolute atomic E-state index is 1.07. The first kappa shape index (κ1) is 13.4. The van der Waals surface area contributed by atoms with Crippen molar-refractivity contribution in [1.29, 1.82) is 0 Å². The third-order valence-corrected chi connectivity index (χ3v) is 2.72. The highest BCUT2D eigenvalue weighted by atomic mass is 14.7. The quantitative estimate of drug-likeness (QED) is 0.687. The first-order valence-corrected chi connectivity index (χ1v) is 5.80. The van der Waals surface area contributed by atoms with Crippen LogP contribution in [0.3, 0.4) is 0 Å². The van der Waals surface area contributed by atoms with Gasteiger partial charge in [-0.05, 0) is 63.9 Å². The molecule has 2 aromatic rings. The summed E-state index contributed by atoms with van der Waals surface area (Å²) in [5.41, 5.74) is 5.98. The van der Waals surface area contributed by atoms with Gasteiger partial charge in [-0.25, -0.2) is 0 Å². The Balaban J connectivity index is 0.000000181. The van der Waals surface area contributed by atoms with Crippen molar-refractivity contribution in [3.8, 4) is 0 Å². The van der Waals surface area contributed by atoms with Gasteiger partial charge in [-0.15, -0.1) is 0 Å². The van der Waals surface area contributed by atoms with Crippen molar-refractivity contribution in [2.24, 2.45) is 0 Å². The van der Waals surface area contributed by atoms with Crippen LogP contribution in [0.25, 0.3) is 0 Å². The molecule has 0 atom stereocenters. The Morgan fingerprint density at radius 3 is 2.00 bits per heavy atom. The van der Waals surface area contributed by atoms with Crippen LogP contribution in [0.15, 0.2) is 30.5 Å². The summed E-state index contributed by atoms with van der Waals surface area (Å²) in [4.78, 5) is 8.31. The molecule has 0 bridgehead atoms. The number of aryl methyl sites for hydroxylation is 4. The molecule has 0 aliphatic rings. The summed E-state index contributed by atoms with van der Waals surface area (Å²) in [7, 11) is 0. The first-order chi connectivity index (χ1) is 8.00. The van der Waals surface area contributed by atoms with E-state index in [1.807, 2.05) is 32.0 Å². The Labute approximate surface area is 104 Å². The van der Waals surface area contributed by atoms with Crippen LogP contribution in [0.4, 0.5) is 0 Å². The zero-order valence-corrected chi connectivity index (χ0v) is 11.3. The predicted octanol–water partition coefficient (Wildman–Crippen LogP) is 3.71. The van der Waals surface area contributed by atoms with Crippen LogP contribution < -0.4 is 0 Å². The van der Waals surface area contributed by atoms with E-state index in [2.05, 4.69) is 36.8 Å². The zero-order chi connectivity index (χ0) is 12.8. The van der Waals surface area contributed by atoms with Gasteiger partial charge in [-0.2, -0.15) is 0 Å². The van der Waals surface area contributed by atoms with E-state index in [4.69, 9.17) is 0 Å². The molecule has 0 fully saturated rings. The minimum Gasteiger partial charge on any atom is -0.262 e. The van der Waals surface area contributed by atoms with Gasteiger partial charge in [0.15, 0.2) is 0 Å². The second kappa shape index (κ2) is 6.14. The van der Waals surface area contributed by atoms with Gasteiger partial charge in [0.25, 0.3) is 0 Å². The third-order valence-electron chi connectivity index (χ3n) is 2.72. The Morgan fingerprint density at radius 2 is 1.59 bits per heavy atom. The van der Waals surface area contributed by atoms with Crippen LogP contribution in [0, 0.1) is 34.6 Å². The molecule has 0 N–H and O–H groups in total. The molecule has 0 saturated heterocycles.